The van der Waals surface area contributed by atoms with Crippen LogP contribution in [0, 0.1) is 12.7 Å². The van der Waals surface area contributed by atoms with Gasteiger partial charge in [-0.05, 0) is 25.1 Å². The molecule has 1 N–H and O–H groups in total. The monoisotopic (exact) mass is 305 g/mol. The fourth-order valence-electron chi connectivity index (χ4n) is 1.84. The van der Waals surface area contributed by atoms with E-state index < -0.39 is 5.82 Å². The first-order chi connectivity index (χ1) is 10.1. The molecule has 1 aromatic heterocycles. The van der Waals surface area contributed by atoms with Crippen molar-refractivity contribution < 1.29 is 9.18 Å². The normalized spacial score (nSPS) is 10.4. The Bertz CT molecular complexity index is 654. The molecular weight excluding hydrogens is 289 g/mol. The van der Waals surface area contributed by atoms with Crippen LogP contribution in [-0.2, 0) is 4.79 Å². The highest BCUT2D eigenvalue weighted by molar-refractivity contribution is 8.00. The van der Waals surface area contributed by atoms with Gasteiger partial charge in [0, 0.05) is 23.8 Å². The number of benzene rings is 1. The van der Waals surface area contributed by atoms with E-state index in [1.807, 2.05) is 0 Å². The van der Waals surface area contributed by atoms with Crippen molar-refractivity contribution in [2.24, 2.45) is 0 Å². The number of nitrogens with zero attached hydrogens (tertiary/aromatic N) is 2. The van der Waals surface area contributed by atoms with Crippen molar-refractivity contribution in [1.29, 1.82) is 0 Å². The number of rotatable bonds is 6. The van der Waals surface area contributed by atoms with Crippen LogP contribution in [0.4, 0.5) is 10.1 Å². The first-order valence-corrected chi connectivity index (χ1v) is 7.55. The van der Waals surface area contributed by atoms with Gasteiger partial charge in [-0.2, -0.15) is 0 Å². The summed E-state index contributed by atoms with van der Waals surface area (Å²) < 4.78 is 15.8. The van der Waals surface area contributed by atoms with Gasteiger partial charge in [0.1, 0.15) is 11.6 Å². The fraction of sp³-hybridized carbons (Fsp3) is 0.200. The van der Waals surface area contributed by atoms with Crippen LogP contribution in [0.15, 0.2) is 43.2 Å². The average Bonchev–Trinajstić information content (AvgIpc) is 2.85. The number of hydrogen-bond acceptors (Lipinski definition) is 3. The summed E-state index contributed by atoms with van der Waals surface area (Å²) in [5, 5.41) is 2.67. The molecule has 0 radical (unpaired) electrons. The third-order valence-electron chi connectivity index (χ3n) is 2.79. The minimum atomic E-state index is -0.410. The summed E-state index contributed by atoms with van der Waals surface area (Å²) in [6, 6.07) is 4.61. The maximum Gasteiger partial charge on any atom is 0.234 e. The molecule has 4 nitrogen and oxygen atoms in total. The van der Waals surface area contributed by atoms with Crippen LogP contribution < -0.4 is 5.32 Å². The van der Waals surface area contributed by atoms with Gasteiger partial charge in [-0.1, -0.05) is 6.08 Å². The largest absolute Gasteiger partial charge is 0.325 e. The Hall–Kier alpha value is -2.08. The molecule has 2 rings (SSSR count). The molecule has 0 aliphatic heterocycles. The van der Waals surface area contributed by atoms with E-state index in [9.17, 15) is 9.18 Å². The number of nitrogens with one attached hydrogen (secondary N) is 1. The molecule has 1 aromatic carbocycles. The Labute approximate surface area is 127 Å². The lowest BCUT2D eigenvalue weighted by Gasteiger charge is -2.09. The third kappa shape index (κ3) is 3.95. The third-order valence-corrected chi connectivity index (χ3v) is 3.72. The van der Waals surface area contributed by atoms with Gasteiger partial charge in [-0.25, -0.2) is 9.37 Å². The predicted octanol–water partition coefficient (Wildman–Crippen LogP) is 3.18. The summed E-state index contributed by atoms with van der Waals surface area (Å²) >= 11 is 1.45. The molecule has 0 atom stereocenters. The first kappa shape index (κ1) is 15.3. The maximum absolute atomic E-state index is 14.1. The van der Waals surface area contributed by atoms with Crippen LogP contribution in [0.5, 0.6) is 0 Å². The number of aromatic nitrogens is 2. The molecule has 0 aliphatic carbocycles. The Morgan fingerprint density at radius 3 is 3.00 bits per heavy atom. The number of aryl methyl sites for hydroxylation is 1. The summed E-state index contributed by atoms with van der Waals surface area (Å²) in [7, 11) is 0. The predicted molar refractivity (Wildman–Crippen MR) is 84.4 cm³/mol. The molecule has 1 amide bonds. The van der Waals surface area contributed by atoms with Gasteiger partial charge in [-0.3, -0.25) is 4.79 Å². The second-order valence-corrected chi connectivity index (χ2v) is 5.39. The van der Waals surface area contributed by atoms with Gasteiger partial charge >= 0.3 is 0 Å². The van der Waals surface area contributed by atoms with Gasteiger partial charge in [-0.15, -0.1) is 18.3 Å². The zero-order valence-electron chi connectivity index (χ0n) is 11.7. The maximum atomic E-state index is 14.1. The molecule has 0 unspecified atom stereocenters. The molecule has 0 saturated carbocycles. The molecule has 0 spiro atoms. The molecule has 0 fully saturated rings. The van der Waals surface area contributed by atoms with E-state index in [1.54, 1.807) is 42.1 Å². The van der Waals surface area contributed by atoms with Crippen molar-refractivity contribution in [2.45, 2.75) is 6.92 Å². The second kappa shape index (κ2) is 7.08. The van der Waals surface area contributed by atoms with Gasteiger partial charge in [0.05, 0.1) is 11.4 Å². The van der Waals surface area contributed by atoms with Crippen LogP contribution in [-0.4, -0.2) is 27.0 Å². The highest BCUT2D eigenvalue weighted by atomic mass is 32.2. The SMILES string of the molecule is C=CCSCC(=O)Nc1ccc(-n2ccnc2C)c(F)c1. The van der Waals surface area contributed by atoms with E-state index >= 15 is 0 Å². The number of carbonyl (C=O) groups excluding carboxylic acids is 1. The average molecular weight is 305 g/mol. The number of thioether (sulfide) groups is 1. The highest BCUT2D eigenvalue weighted by Crippen LogP contribution is 2.19. The van der Waals surface area contributed by atoms with Gasteiger partial charge in [0.25, 0.3) is 0 Å². The number of imidazole rings is 1. The smallest absolute Gasteiger partial charge is 0.234 e. The first-order valence-electron chi connectivity index (χ1n) is 6.40. The van der Waals surface area contributed by atoms with Crippen LogP contribution in [0.25, 0.3) is 5.69 Å². The minimum absolute atomic E-state index is 0.159. The zero-order valence-corrected chi connectivity index (χ0v) is 12.5. The van der Waals surface area contributed by atoms with Crippen LogP contribution in [0.3, 0.4) is 0 Å². The summed E-state index contributed by atoms with van der Waals surface area (Å²) in [6.45, 7) is 5.38. The van der Waals surface area contributed by atoms with Crippen LogP contribution in [0.1, 0.15) is 5.82 Å². The number of anilines is 1. The minimum Gasteiger partial charge on any atom is -0.325 e. The zero-order chi connectivity index (χ0) is 15.2. The molecule has 1 heterocycles. The van der Waals surface area contributed by atoms with Gasteiger partial charge in [0.2, 0.25) is 5.91 Å². The van der Waals surface area contributed by atoms with E-state index in [1.165, 1.54) is 17.8 Å². The summed E-state index contributed by atoms with van der Waals surface area (Å²) in [6.07, 6.45) is 5.04. The molecule has 110 valence electrons. The quantitative estimate of drug-likeness (QED) is 0.658. The molecular formula is C15H16FN3OS. The topological polar surface area (TPSA) is 46.9 Å². The second-order valence-electron chi connectivity index (χ2n) is 4.36. The van der Waals surface area contributed by atoms with Crippen molar-refractivity contribution in [3.05, 3.63) is 54.9 Å². The van der Waals surface area contributed by atoms with E-state index in [0.29, 0.717) is 28.7 Å². The lowest BCUT2D eigenvalue weighted by molar-refractivity contribution is -0.113. The Kier molecular flexibility index (Phi) is 5.16. The van der Waals surface area contributed by atoms with E-state index in [4.69, 9.17) is 0 Å². The summed E-state index contributed by atoms with van der Waals surface area (Å²) in [5.41, 5.74) is 0.849. The molecule has 0 aliphatic rings. The molecule has 2 aromatic rings. The Morgan fingerprint density at radius 2 is 2.38 bits per heavy atom. The van der Waals surface area contributed by atoms with Crippen molar-refractivity contribution >= 4 is 23.4 Å². The Morgan fingerprint density at radius 1 is 1.57 bits per heavy atom. The highest BCUT2D eigenvalue weighted by Gasteiger charge is 2.09. The van der Waals surface area contributed by atoms with E-state index in [-0.39, 0.29) is 5.91 Å². The van der Waals surface area contributed by atoms with Crippen LogP contribution >= 0.6 is 11.8 Å². The molecule has 0 saturated heterocycles. The molecule has 21 heavy (non-hydrogen) atoms. The standard InChI is InChI=1S/C15H16FN3OS/c1-3-8-21-10-15(20)18-12-4-5-14(13(16)9-12)19-7-6-17-11(19)2/h3-7,9H,1,8,10H2,2H3,(H,18,20). The number of carbonyl (C=O) groups is 1. The Balaban J connectivity index is 2.07. The summed E-state index contributed by atoms with van der Waals surface area (Å²) in [4.78, 5) is 15.7. The van der Waals surface area contributed by atoms with Crippen molar-refractivity contribution in [2.75, 3.05) is 16.8 Å². The van der Waals surface area contributed by atoms with Crippen molar-refractivity contribution in [1.82, 2.24) is 9.55 Å². The lowest BCUT2D eigenvalue weighted by Crippen LogP contribution is -2.14. The van der Waals surface area contributed by atoms with E-state index in [2.05, 4.69) is 16.9 Å². The molecule has 6 heteroatoms. The van der Waals surface area contributed by atoms with Gasteiger partial charge in [0.15, 0.2) is 0 Å². The van der Waals surface area contributed by atoms with Crippen LogP contribution in [0.2, 0.25) is 0 Å². The lowest BCUT2D eigenvalue weighted by atomic mass is 10.2. The molecule has 0 bridgehead atoms. The van der Waals surface area contributed by atoms with Crippen molar-refractivity contribution in [3.8, 4) is 5.69 Å². The van der Waals surface area contributed by atoms with Crippen molar-refractivity contribution in [3.63, 3.8) is 0 Å². The number of halogens is 1. The van der Waals surface area contributed by atoms with Gasteiger partial charge < -0.3 is 9.88 Å². The summed E-state index contributed by atoms with van der Waals surface area (Å²) in [5.74, 6) is 1.16. The fourth-order valence-corrected chi connectivity index (χ4v) is 2.39. The number of hydrogen-bond donors (Lipinski definition) is 1. The number of amides is 1. The van der Waals surface area contributed by atoms with E-state index in [0.717, 1.165) is 0 Å².